The number of pyridine rings is 1. The van der Waals surface area contributed by atoms with Crippen LogP contribution in [-0.4, -0.2) is 22.8 Å². The van der Waals surface area contributed by atoms with Gasteiger partial charge in [-0.3, -0.25) is 9.59 Å². The summed E-state index contributed by atoms with van der Waals surface area (Å²) in [4.78, 5) is 27.4. The maximum atomic E-state index is 13.6. The zero-order chi connectivity index (χ0) is 17.7. The van der Waals surface area contributed by atoms with E-state index in [9.17, 15) is 18.4 Å². The molecule has 0 fully saturated rings. The molecule has 126 valence electrons. The van der Waals surface area contributed by atoms with Crippen LogP contribution in [0.15, 0.2) is 36.5 Å². The molecule has 2 aromatic rings. The number of hydrogen-bond acceptors (Lipinski definition) is 3. The van der Waals surface area contributed by atoms with E-state index in [0.717, 1.165) is 6.07 Å². The first-order valence-corrected chi connectivity index (χ1v) is 7.36. The van der Waals surface area contributed by atoms with Crippen LogP contribution in [0.1, 0.15) is 11.1 Å². The Morgan fingerprint density at radius 3 is 2.58 bits per heavy atom. The molecule has 0 bridgehead atoms. The molecule has 0 saturated carbocycles. The SMILES string of the molecule is NC(=O)[C@H](Cc1ccc(Cl)nc1)NC(=O)Cc1ccc(F)cc1F. The third-order valence-corrected chi connectivity index (χ3v) is 3.50. The summed E-state index contributed by atoms with van der Waals surface area (Å²) < 4.78 is 26.4. The van der Waals surface area contributed by atoms with Crippen LogP contribution in [0.2, 0.25) is 5.15 Å². The van der Waals surface area contributed by atoms with Gasteiger partial charge in [0, 0.05) is 18.7 Å². The van der Waals surface area contributed by atoms with E-state index in [2.05, 4.69) is 10.3 Å². The van der Waals surface area contributed by atoms with Gasteiger partial charge in [0.05, 0.1) is 6.42 Å². The van der Waals surface area contributed by atoms with Crippen molar-refractivity contribution in [2.24, 2.45) is 5.73 Å². The Hall–Kier alpha value is -2.54. The van der Waals surface area contributed by atoms with E-state index in [0.29, 0.717) is 16.8 Å². The Labute approximate surface area is 141 Å². The van der Waals surface area contributed by atoms with Gasteiger partial charge in [-0.05, 0) is 23.3 Å². The van der Waals surface area contributed by atoms with Crippen molar-refractivity contribution in [3.8, 4) is 0 Å². The standard InChI is InChI=1S/C16H14ClF2N3O2/c17-14-4-1-9(8-21-14)5-13(16(20)24)22-15(23)6-10-2-3-11(18)7-12(10)19/h1-4,7-8,13H,5-6H2,(H2,20,24)(H,22,23)/t13-/m0/s1. The topological polar surface area (TPSA) is 85.1 Å². The molecule has 1 aromatic heterocycles. The number of nitrogens with one attached hydrogen (secondary N) is 1. The number of rotatable bonds is 6. The van der Waals surface area contributed by atoms with Crippen molar-refractivity contribution in [3.63, 3.8) is 0 Å². The van der Waals surface area contributed by atoms with E-state index in [4.69, 9.17) is 17.3 Å². The van der Waals surface area contributed by atoms with Gasteiger partial charge in [-0.15, -0.1) is 0 Å². The smallest absolute Gasteiger partial charge is 0.240 e. The van der Waals surface area contributed by atoms with E-state index >= 15 is 0 Å². The molecular formula is C16H14ClF2N3O2. The lowest BCUT2D eigenvalue weighted by Gasteiger charge is -2.15. The Morgan fingerprint density at radius 1 is 1.25 bits per heavy atom. The van der Waals surface area contributed by atoms with Crippen LogP contribution < -0.4 is 11.1 Å². The monoisotopic (exact) mass is 353 g/mol. The van der Waals surface area contributed by atoms with Crippen molar-refractivity contribution < 1.29 is 18.4 Å². The first-order chi connectivity index (χ1) is 11.3. The van der Waals surface area contributed by atoms with Gasteiger partial charge < -0.3 is 11.1 Å². The molecular weight excluding hydrogens is 340 g/mol. The molecule has 0 spiro atoms. The fourth-order valence-corrected chi connectivity index (χ4v) is 2.18. The quantitative estimate of drug-likeness (QED) is 0.776. The number of nitrogens with two attached hydrogens (primary N) is 1. The Kier molecular flexibility index (Phi) is 5.81. The minimum atomic E-state index is -0.982. The van der Waals surface area contributed by atoms with E-state index in [1.54, 1.807) is 12.1 Å². The lowest BCUT2D eigenvalue weighted by Crippen LogP contribution is -2.46. The number of halogens is 3. The number of amides is 2. The minimum Gasteiger partial charge on any atom is -0.368 e. The first-order valence-electron chi connectivity index (χ1n) is 6.98. The minimum absolute atomic E-state index is 0.0188. The van der Waals surface area contributed by atoms with Crippen LogP contribution >= 0.6 is 11.6 Å². The molecule has 0 unspecified atom stereocenters. The maximum Gasteiger partial charge on any atom is 0.240 e. The second-order valence-electron chi connectivity index (χ2n) is 5.13. The van der Waals surface area contributed by atoms with Crippen LogP contribution in [0.25, 0.3) is 0 Å². The van der Waals surface area contributed by atoms with Gasteiger partial charge >= 0.3 is 0 Å². The van der Waals surface area contributed by atoms with E-state index < -0.39 is 29.5 Å². The summed E-state index contributed by atoms with van der Waals surface area (Å²) in [6.45, 7) is 0. The van der Waals surface area contributed by atoms with Gasteiger partial charge in [-0.2, -0.15) is 0 Å². The molecule has 24 heavy (non-hydrogen) atoms. The van der Waals surface area contributed by atoms with Crippen LogP contribution in [0.4, 0.5) is 8.78 Å². The fraction of sp³-hybridized carbons (Fsp3) is 0.188. The second-order valence-corrected chi connectivity index (χ2v) is 5.52. The highest BCUT2D eigenvalue weighted by atomic mass is 35.5. The molecule has 8 heteroatoms. The number of nitrogens with zero attached hydrogens (tertiary/aromatic N) is 1. The summed E-state index contributed by atoms with van der Waals surface area (Å²) in [5.41, 5.74) is 5.95. The fourth-order valence-electron chi connectivity index (χ4n) is 2.07. The van der Waals surface area contributed by atoms with Crippen LogP contribution in [-0.2, 0) is 22.4 Å². The number of benzene rings is 1. The predicted octanol–water partition coefficient (Wildman–Crippen LogP) is 1.77. The average molecular weight is 354 g/mol. The highest BCUT2D eigenvalue weighted by Crippen LogP contribution is 2.11. The van der Waals surface area contributed by atoms with E-state index in [-0.39, 0.29) is 18.4 Å². The summed E-state index contributed by atoms with van der Waals surface area (Å²) in [5.74, 6) is -2.91. The zero-order valence-corrected chi connectivity index (χ0v) is 13.2. The molecule has 0 aliphatic carbocycles. The zero-order valence-electron chi connectivity index (χ0n) is 12.4. The summed E-state index contributed by atoms with van der Waals surface area (Å²) in [7, 11) is 0. The normalized spacial score (nSPS) is 11.8. The molecule has 3 N–H and O–H groups in total. The van der Waals surface area contributed by atoms with Crippen molar-refractivity contribution in [1.29, 1.82) is 0 Å². The number of hydrogen-bond donors (Lipinski definition) is 2. The van der Waals surface area contributed by atoms with Gasteiger partial charge in [-0.25, -0.2) is 13.8 Å². The largest absolute Gasteiger partial charge is 0.368 e. The number of carbonyl (C=O) groups excluding carboxylic acids is 2. The van der Waals surface area contributed by atoms with Crippen molar-refractivity contribution in [2.45, 2.75) is 18.9 Å². The van der Waals surface area contributed by atoms with Gasteiger partial charge in [0.25, 0.3) is 0 Å². The van der Waals surface area contributed by atoms with Gasteiger partial charge in [-0.1, -0.05) is 23.7 Å². The Balaban J connectivity index is 2.02. The van der Waals surface area contributed by atoms with Crippen molar-refractivity contribution >= 4 is 23.4 Å². The van der Waals surface area contributed by atoms with Crippen LogP contribution in [0.3, 0.4) is 0 Å². The van der Waals surface area contributed by atoms with Crippen LogP contribution in [0, 0.1) is 11.6 Å². The molecule has 1 atom stereocenters. The lowest BCUT2D eigenvalue weighted by atomic mass is 10.1. The average Bonchev–Trinajstić information content (AvgIpc) is 2.51. The van der Waals surface area contributed by atoms with Crippen molar-refractivity contribution in [2.75, 3.05) is 0 Å². The molecule has 0 radical (unpaired) electrons. The molecule has 0 aliphatic heterocycles. The third kappa shape index (κ3) is 4.99. The molecule has 1 heterocycles. The van der Waals surface area contributed by atoms with Gasteiger partial charge in [0.1, 0.15) is 22.8 Å². The van der Waals surface area contributed by atoms with E-state index in [1.165, 1.54) is 12.3 Å². The lowest BCUT2D eigenvalue weighted by molar-refractivity contribution is -0.127. The highest BCUT2D eigenvalue weighted by Gasteiger charge is 2.19. The van der Waals surface area contributed by atoms with Gasteiger partial charge in [0.15, 0.2) is 0 Å². The van der Waals surface area contributed by atoms with Crippen molar-refractivity contribution in [3.05, 3.63) is 64.4 Å². The Bertz CT molecular complexity index is 753. The summed E-state index contributed by atoms with van der Waals surface area (Å²) >= 11 is 5.68. The molecule has 2 rings (SSSR count). The molecule has 1 aromatic carbocycles. The van der Waals surface area contributed by atoms with Crippen LogP contribution in [0.5, 0.6) is 0 Å². The molecule has 5 nitrogen and oxygen atoms in total. The Morgan fingerprint density at radius 2 is 2.00 bits per heavy atom. The molecule has 0 aliphatic rings. The first kappa shape index (κ1) is 17.8. The third-order valence-electron chi connectivity index (χ3n) is 3.27. The summed E-state index contributed by atoms with van der Waals surface area (Å²) in [6.07, 6.45) is 1.25. The second kappa shape index (κ2) is 7.83. The van der Waals surface area contributed by atoms with Crippen molar-refractivity contribution in [1.82, 2.24) is 10.3 Å². The number of carbonyl (C=O) groups is 2. The number of aromatic nitrogens is 1. The van der Waals surface area contributed by atoms with E-state index in [1.807, 2.05) is 0 Å². The highest BCUT2D eigenvalue weighted by molar-refractivity contribution is 6.29. The summed E-state index contributed by atoms with van der Waals surface area (Å²) in [5, 5.41) is 2.73. The predicted molar refractivity (Wildman–Crippen MR) is 84.1 cm³/mol. The maximum absolute atomic E-state index is 13.6. The molecule has 2 amide bonds. The number of primary amides is 1. The van der Waals surface area contributed by atoms with Gasteiger partial charge in [0.2, 0.25) is 11.8 Å². The summed E-state index contributed by atoms with van der Waals surface area (Å²) in [6, 6.07) is 5.13. The molecule has 0 saturated heterocycles.